The number of piperazine rings is 1. The standard InChI is InChI=1S/C14H19N3O2/c1-18-8-9-19-14-10-13(3-2-12(14)11-15)17-6-4-16-5-7-17/h2-3,10,16H,4-9H2,1H3. The van der Waals surface area contributed by atoms with E-state index >= 15 is 0 Å². The van der Waals surface area contributed by atoms with Gasteiger partial charge >= 0.3 is 0 Å². The number of hydrogen-bond acceptors (Lipinski definition) is 5. The fourth-order valence-electron chi connectivity index (χ4n) is 2.08. The van der Waals surface area contributed by atoms with Crippen molar-refractivity contribution in [2.45, 2.75) is 0 Å². The molecule has 102 valence electrons. The maximum absolute atomic E-state index is 9.09. The molecule has 0 amide bonds. The molecule has 1 fully saturated rings. The molecule has 0 atom stereocenters. The zero-order valence-corrected chi connectivity index (χ0v) is 11.2. The molecule has 1 aromatic rings. The van der Waals surface area contributed by atoms with Crippen LogP contribution < -0.4 is 15.0 Å². The first-order chi connectivity index (χ1) is 9.35. The molecule has 1 aliphatic rings. The van der Waals surface area contributed by atoms with Gasteiger partial charge in [0.1, 0.15) is 18.4 Å². The highest BCUT2D eigenvalue weighted by Crippen LogP contribution is 2.25. The smallest absolute Gasteiger partial charge is 0.139 e. The van der Waals surface area contributed by atoms with Crippen LogP contribution in [0.1, 0.15) is 5.56 Å². The van der Waals surface area contributed by atoms with Crippen molar-refractivity contribution in [3.8, 4) is 11.8 Å². The molecular weight excluding hydrogens is 242 g/mol. The minimum Gasteiger partial charge on any atom is -0.490 e. The highest BCUT2D eigenvalue weighted by molar-refractivity contribution is 5.57. The summed E-state index contributed by atoms with van der Waals surface area (Å²) in [6.45, 7) is 4.89. The molecular formula is C14H19N3O2. The quantitative estimate of drug-likeness (QED) is 0.801. The van der Waals surface area contributed by atoms with Crippen LogP contribution in [-0.2, 0) is 4.74 Å². The van der Waals surface area contributed by atoms with Crippen molar-refractivity contribution in [1.29, 1.82) is 5.26 Å². The van der Waals surface area contributed by atoms with E-state index in [1.807, 2.05) is 18.2 Å². The van der Waals surface area contributed by atoms with Crippen LogP contribution >= 0.6 is 0 Å². The summed E-state index contributed by atoms with van der Waals surface area (Å²) in [6.07, 6.45) is 0. The first-order valence-corrected chi connectivity index (χ1v) is 6.46. The minimum atomic E-state index is 0.455. The van der Waals surface area contributed by atoms with Gasteiger partial charge in [-0.15, -0.1) is 0 Å². The number of benzene rings is 1. The summed E-state index contributed by atoms with van der Waals surface area (Å²) in [5, 5.41) is 12.4. The van der Waals surface area contributed by atoms with Gasteiger partial charge in [-0.1, -0.05) is 0 Å². The van der Waals surface area contributed by atoms with Crippen LogP contribution in [0.25, 0.3) is 0 Å². The van der Waals surface area contributed by atoms with Gasteiger partial charge in [-0.05, 0) is 12.1 Å². The number of rotatable bonds is 5. The SMILES string of the molecule is COCCOc1cc(N2CCNCC2)ccc1C#N. The first-order valence-electron chi connectivity index (χ1n) is 6.46. The van der Waals surface area contributed by atoms with E-state index in [2.05, 4.69) is 16.3 Å². The Hall–Kier alpha value is -1.77. The first kappa shape index (κ1) is 13.7. The van der Waals surface area contributed by atoms with E-state index in [0.29, 0.717) is 24.5 Å². The third kappa shape index (κ3) is 3.60. The Morgan fingerprint density at radius 2 is 2.11 bits per heavy atom. The summed E-state index contributed by atoms with van der Waals surface area (Å²) >= 11 is 0. The lowest BCUT2D eigenvalue weighted by Crippen LogP contribution is -2.43. The third-order valence-corrected chi connectivity index (χ3v) is 3.11. The summed E-state index contributed by atoms with van der Waals surface area (Å²) in [7, 11) is 1.63. The number of ether oxygens (including phenoxy) is 2. The van der Waals surface area contributed by atoms with E-state index in [-0.39, 0.29) is 0 Å². The van der Waals surface area contributed by atoms with Crippen molar-refractivity contribution < 1.29 is 9.47 Å². The molecule has 0 bridgehead atoms. The van der Waals surface area contributed by atoms with Crippen LogP contribution in [-0.4, -0.2) is 46.5 Å². The molecule has 0 aliphatic carbocycles. The number of nitrogens with one attached hydrogen (secondary N) is 1. The van der Waals surface area contributed by atoms with Gasteiger partial charge in [0.05, 0.1) is 12.2 Å². The zero-order valence-electron chi connectivity index (χ0n) is 11.2. The largest absolute Gasteiger partial charge is 0.490 e. The van der Waals surface area contributed by atoms with E-state index in [1.54, 1.807) is 7.11 Å². The van der Waals surface area contributed by atoms with Crippen molar-refractivity contribution >= 4 is 5.69 Å². The molecule has 1 aliphatic heterocycles. The van der Waals surface area contributed by atoms with Crippen LogP contribution in [0, 0.1) is 11.3 Å². The molecule has 5 heteroatoms. The monoisotopic (exact) mass is 261 g/mol. The summed E-state index contributed by atoms with van der Waals surface area (Å²) in [6, 6.07) is 7.90. The minimum absolute atomic E-state index is 0.455. The van der Waals surface area contributed by atoms with Gasteiger partial charge in [0.2, 0.25) is 0 Å². The molecule has 0 saturated carbocycles. The normalized spacial score (nSPS) is 15.1. The Morgan fingerprint density at radius 1 is 1.32 bits per heavy atom. The molecule has 2 rings (SSSR count). The third-order valence-electron chi connectivity index (χ3n) is 3.11. The number of anilines is 1. The molecule has 0 unspecified atom stereocenters. The van der Waals surface area contributed by atoms with Crippen LogP contribution in [0.15, 0.2) is 18.2 Å². The maximum Gasteiger partial charge on any atom is 0.139 e. The predicted octanol–water partition coefficient (Wildman–Crippen LogP) is 0.993. The van der Waals surface area contributed by atoms with E-state index in [4.69, 9.17) is 14.7 Å². The topological polar surface area (TPSA) is 57.5 Å². The summed E-state index contributed by atoms with van der Waals surface area (Å²) in [4.78, 5) is 2.29. The Bertz CT molecular complexity index is 450. The second-order valence-corrected chi connectivity index (χ2v) is 4.37. The highest BCUT2D eigenvalue weighted by Gasteiger charge is 2.13. The summed E-state index contributed by atoms with van der Waals surface area (Å²) in [5.74, 6) is 0.635. The van der Waals surface area contributed by atoms with Crippen LogP contribution in [0.4, 0.5) is 5.69 Å². The Morgan fingerprint density at radius 3 is 2.79 bits per heavy atom. The number of hydrogen-bond donors (Lipinski definition) is 1. The molecule has 1 heterocycles. The van der Waals surface area contributed by atoms with Crippen molar-refractivity contribution in [1.82, 2.24) is 5.32 Å². The predicted molar refractivity (Wildman–Crippen MR) is 73.6 cm³/mol. The molecule has 1 aromatic carbocycles. The van der Waals surface area contributed by atoms with Gasteiger partial charge in [-0.2, -0.15) is 5.26 Å². The molecule has 1 saturated heterocycles. The van der Waals surface area contributed by atoms with E-state index in [1.165, 1.54) is 0 Å². The fourth-order valence-corrected chi connectivity index (χ4v) is 2.08. The highest BCUT2D eigenvalue weighted by atomic mass is 16.5. The van der Waals surface area contributed by atoms with Gasteiger partial charge in [-0.3, -0.25) is 0 Å². The molecule has 1 N–H and O–H groups in total. The second kappa shape index (κ2) is 6.98. The van der Waals surface area contributed by atoms with Gasteiger partial charge in [-0.25, -0.2) is 0 Å². The summed E-state index contributed by atoms with van der Waals surface area (Å²) < 4.78 is 10.6. The van der Waals surface area contributed by atoms with E-state index in [9.17, 15) is 0 Å². The molecule has 0 radical (unpaired) electrons. The van der Waals surface area contributed by atoms with Crippen LogP contribution in [0.3, 0.4) is 0 Å². The average molecular weight is 261 g/mol. The van der Waals surface area contributed by atoms with Crippen LogP contribution in [0.5, 0.6) is 5.75 Å². The molecule has 0 aromatic heterocycles. The lowest BCUT2D eigenvalue weighted by atomic mass is 10.1. The molecule has 19 heavy (non-hydrogen) atoms. The number of nitrogens with zero attached hydrogens (tertiary/aromatic N) is 2. The van der Waals surface area contributed by atoms with Crippen molar-refractivity contribution in [2.75, 3.05) is 51.4 Å². The second-order valence-electron chi connectivity index (χ2n) is 4.37. The van der Waals surface area contributed by atoms with Gasteiger partial charge in [0.15, 0.2) is 0 Å². The van der Waals surface area contributed by atoms with E-state index < -0.39 is 0 Å². The number of methoxy groups -OCH3 is 1. The Balaban J connectivity index is 2.12. The lowest BCUT2D eigenvalue weighted by Gasteiger charge is -2.29. The average Bonchev–Trinajstić information content (AvgIpc) is 2.48. The van der Waals surface area contributed by atoms with Gasteiger partial charge < -0.3 is 19.7 Å². The Kier molecular flexibility index (Phi) is 5.01. The van der Waals surface area contributed by atoms with Crippen molar-refractivity contribution in [3.63, 3.8) is 0 Å². The number of nitriles is 1. The van der Waals surface area contributed by atoms with Crippen molar-refractivity contribution in [3.05, 3.63) is 23.8 Å². The van der Waals surface area contributed by atoms with Crippen LogP contribution in [0.2, 0.25) is 0 Å². The maximum atomic E-state index is 9.09. The fraction of sp³-hybridized carbons (Fsp3) is 0.500. The molecule has 0 spiro atoms. The zero-order chi connectivity index (χ0) is 13.5. The van der Waals surface area contributed by atoms with Crippen molar-refractivity contribution in [2.24, 2.45) is 0 Å². The summed E-state index contributed by atoms with van der Waals surface area (Å²) in [5.41, 5.74) is 1.67. The van der Waals surface area contributed by atoms with Gasteiger partial charge in [0, 0.05) is 45.0 Å². The molecule has 5 nitrogen and oxygen atoms in total. The Labute approximate surface area is 113 Å². The van der Waals surface area contributed by atoms with Gasteiger partial charge in [0.25, 0.3) is 0 Å². The lowest BCUT2D eigenvalue weighted by molar-refractivity contribution is 0.146. The van der Waals surface area contributed by atoms with E-state index in [0.717, 1.165) is 31.9 Å².